The van der Waals surface area contributed by atoms with E-state index in [1.807, 2.05) is 231 Å². The van der Waals surface area contributed by atoms with Crippen LogP contribution in [0.15, 0.2) is 304 Å². The van der Waals surface area contributed by atoms with Crippen LogP contribution in [0.5, 0.6) is 0 Å². The van der Waals surface area contributed by atoms with Crippen molar-refractivity contribution in [1.29, 1.82) is 0 Å². The van der Waals surface area contributed by atoms with Gasteiger partial charge in [0.2, 0.25) is 0 Å². The molecule has 90 heavy (non-hydrogen) atoms. The molecule has 0 amide bonds. The Labute approximate surface area is 560 Å². The van der Waals surface area contributed by atoms with Crippen LogP contribution >= 0.6 is 0 Å². The van der Waals surface area contributed by atoms with Crippen LogP contribution in [0.1, 0.15) is 81.4 Å². The first kappa shape index (κ1) is 61.5. The summed E-state index contributed by atoms with van der Waals surface area (Å²) in [5.74, 6) is -0.895. The van der Waals surface area contributed by atoms with Crippen LogP contribution in [0.4, 0.5) is 0 Å². The molecule has 0 aliphatic rings. The summed E-state index contributed by atoms with van der Waals surface area (Å²) in [6.45, 7) is 0. The molecule has 0 saturated heterocycles. The zero-order valence-electron chi connectivity index (χ0n) is 48.7. The van der Waals surface area contributed by atoms with E-state index in [0.29, 0.717) is 33.4 Å². The summed E-state index contributed by atoms with van der Waals surface area (Å²) in [5, 5.41) is 14.8. The van der Waals surface area contributed by atoms with Crippen molar-refractivity contribution in [3.05, 3.63) is 337 Å². The molecule has 2 heterocycles. The van der Waals surface area contributed by atoms with Crippen LogP contribution in [0.2, 0.25) is 0 Å². The van der Waals surface area contributed by atoms with Gasteiger partial charge >= 0.3 is 0 Å². The van der Waals surface area contributed by atoms with Crippen LogP contribution < -0.4 is 0 Å². The van der Waals surface area contributed by atoms with Gasteiger partial charge in [-0.05, 0) is 113 Å². The van der Waals surface area contributed by atoms with E-state index in [0.717, 1.165) is 86.4 Å². The average molecular weight is 1310 g/mol. The van der Waals surface area contributed by atoms with E-state index in [-0.39, 0.29) is 103 Å². The van der Waals surface area contributed by atoms with Crippen molar-refractivity contribution < 1.29 is 78.1 Å². The van der Waals surface area contributed by atoms with Crippen molar-refractivity contribution in [2.75, 3.05) is 0 Å². The van der Waals surface area contributed by atoms with Crippen LogP contribution in [-0.2, 0) is 0 Å². The maximum absolute atomic E-state index is 12.5. The van der Waals surface area contributed by atoms with Crippen molar-refractivity contribution >= 4 is 121 Å². The van der Waals surface area contributed by atoms with Crippen molar-refractivity contribution in [2.45, 2.75) is 19.3 Å². The Balaban J connectivity index is 0.000000125. The molecule has 0 unspecified atom stereocenters. The Morgan fingerprint density at radius 2 is 0.367 bits per heavy atom. The molecule has 0 saturated carbocycles. The summed E-state index contributed by atoms with van der Waals surface area (Å²) in [4.78, 5) is 83.8. The maximum Gasteiger partial charge on any atom is 0.170 e. The number of pyridine rings is 2. The number of aromatic nitrogens is 2. The minimum Gasteiger partial charge on any atom is -0.294 e. The third-order valence-corrected chi connectivity index (χ3v) is 15.7. The standard InChI is InChI=1S/3C23H16O2.C12H8N2.Eu/c3*24-22(20-11-9-16-5-1-3-7-18(16)13-20)15-23(25)21-12-10-17-6-2-4-8-19(17)14-21;1-3-9-5-6-10-4-2-8-14-12(10)11(9)13-7-1;/h3*1-14H,15H2;1-8H;. The third kappa shape index (κ3) is 14.7. The summed E-state index contributed by atoms with van der Waals surface area (Å²) >= 11 is 0. The molecule has 0 aliphatic heterocycles. The summed E-state index contributed by atoms with van der Waals surface area (Å²) < 4.78 is 0. The van der Waals surface area contributed by atoms with Gasteiger partial charge in [0.25, 0.3) is 0 Å². The predicted octanol–water partition coefficient (Wildman–Crippen LogP) is 19.1. The van der Waals surface area contributed by atoms with Crippen LogP contribution in [0.25, 0.3) is 86.4 Å². The molecule has 9 heteroatoms. The molecule has 1 radical (unpaired) electrons. The Kier molecular flexibility index (Phi) is 19.7. The van der Waals surface area contributed by atoms with Crippen LogP contribution in [0.3, 0.4) is 0 Å². The molecular formula is C81H56EuN2O6. The van der Waals surface area contributed by atoms with Gasteiger partial charge in [0.05, 0.1) is 30.3 Å². The molecule has 0 spiro atoms. The summed E-state index contributed by atoms with van der Waals surface area (Å²) in [6.07, 6.45) is 3.26. The van der Waals surface area contributed by atoms with Gasteiger partial charge in [0.1, 0.15) is 0 Å². The second-order valence-corrected chi connectivity index (χ2v) is 21.7. The molecule has 2 aromatic heterocycles. The van der Waals surface area contributed by atoms with Crippen molar-refractivity contribution in [1.82, 2.24) is 9.97 Å². The minimum absolute atomic E-state index is 0. The Morgan fingerprint density at radius 3 is 0.567 bits per heavy atom. The normalized spacial score (nSPS) is 10.8. The third-order valence-electron chi connectivity index (χ3n) is 15.7. The second kappa shape index (κ2) is 28.8. The van der Waals surface area contributed by atoms with Crippen molar-refractivity contribution in [3.63, 3.8) is 0 Å². The molecule has 0 bridgehead atoms. The molecule has 13 aromatic carbocycles. The number of carbonyl (C=O) groups excluding carboxylic acids is 6. The fraction of sp³-hybridized carbons (Fsp3) is 0.0370. The van der Waals surface area contributed by atoms with Crippen LogP contribution in [0, 0.1) is 49.4 Å². The van der Waals surface area contributed by atoms with E-state index in [1.54, 1.807) is 48.8 Å². The quantitative estimate of drug-likeness (QED) is 0.0672. The van der Waals surface area contributed by atoms with E-state index >= 15 is 0 Å². The number of ketones is 6. The van der Waals surface area contributed by atoms with Crippen molar-refractivity contribution in [2.24, 2.45) is 0 Å². The predicted molar refractivity (Wildman–Crippen MR) is 361 cm³/mol. The summed E-state index contributed by atoms with van der Waals surface area (Å²) in [6, 6.07) is 92.8. The smallest absolute Gasteiger partial charge is 0.170 e. The molecule has 0 aliphatic carbocycles. The number of rotatable bonds is 12. The van der Waals surface area contributed by atoms with Gasteiger partial charge in [0.15, 0.2) is 34.7 Å². The first-order chi connectivity index (χ1) is 43.6. The SMILES string of the molecule is O=C(CC(=O)c1ccc2ccccc2c1)c1ccc2ccccc2c1.O=C(CC(=O)c1ccc2ccccc2c1)c1ccc2ccccc2c1.O=C(CC(=O)c1ccc2ccccc2c1)c1ccc2ccccc2c1.[Eu].c1cnc2c(c1)ccc1cccnc12. The number of Topliss-reactive ketones (excluding diaryl/α,β-unsaturated/α-hetero) is 6. The molecular weight excluding hydrogens is 1250 g/mol. The minimum atomic E-state index is -0.149. The first-order valence-electron chi connectivity index (χ1n) is 29.3. The first-order valence-corrected chi connectivity index (χ1v) is 29.3. The van der Waals surface area contributed by atoms with Gasteiger partial charge in [0, 0.05) is 106 Å². The molecule has 8 nitrogen and oxygen atoms in total. The molecule has 0 atom stereocenters. The zero-order valence-corrected chi connectivity index (χ0v) is 51.1. The van der Waals surface area contributed by atoms with Gasteiger partial charge in [-0.1, -0.05) is 243 Å². The van der Waals surface area contributed by atoms with Gasteiger partial charge < -0.3 is 0 Å². The largest absolute Gasteiger partial charge is 0.294 e. The van der Waals surface area contributed by atoms with Gasteiger partial charge in [-0.25, -0.2) is 0 Å². The Hall–Kier alpha value is -10.2. The number of hydrogen-bond acceptors (Lipinski definition) is 8. The Morgan fingerprint density at radius 1 is 0.200 bits per heavy atom. The van der Waals surface area contributed by atoms with Crippen molar-refractivity contribution in [3.8, 4) is 0 Å². The molecule has 0 fully saturated rings. The fourth-order valence-electron chi connectivity index (χ4n) is 10.9. The van der Waals surface area contributed by atoms with E-state index in [4.69, 9.17) is 0 Å². The second-order valence-electron chi connectivity index (χ2n) is 21.7. The Bertz CT molecular complexity index is 4480. The average Bonchev–Trinajstić information content (AvgIpc) is 3.12. The molecule has 0 N–H and O–H groups in total. The summed E-state index contributed by atoms with van der Waals surface area (Å²) in [5.41, 5.74) is 5.42. The number of nitrogens with zero attached hydrogens (tertiary/aromatic N) is 2. The van der Waals surface area contributed by atoms with E-state index < -0.39 is 0 Å². The number of hydrogen-bond donors (Lipinski definition) is 0. The number of benzene rings is 13. The monoisotopic (exact) mass is 1310 g/mol. The number of carbonyl (C=O) groups is 6. The maximum atomic E-state index is 12.5. The zero-order chi connectivity index (χ0) is 61.1. The van der Waals surface area contributed by atoms with Gasteiger partial charge in [-0.3, -0.25) is 38.7 Å². The number of fused-ring (bicyclic) bond motifs is 9. The molecule has 15 aromatic rings. The fourth-order valence-corrected chi connectivity index (χ4v) is 10.9. The van der Waals surface area contributed by atoms with E-state index in [1.165, 1.54) is 0 Å². The molecule has 15 rings (SSSR count). The van der Waals surface area contributed by atoms with E-state index in [2.05, 4.69) is 34.2 Å². The van der Waals surface area contributed by atoms with Gasteiger partial charge in [-0.15, -0.1) is 0 Å². The van der Waals surface area contributed by atoms with Crippen LogP contribution in [-0.4, -0.2) is 44.7 Å². The topological polar surface area (TPSA) is 128 Å². The summed E-state index contributed by atoms with van der Waals surface area (Å²) in [7, 11) is 0. The molecule has 433 valence electrons. The van der Waals surface area contributed by atoms with Gasteiger partial charge in [-0.2, -0.15) is 0 Å². The van der Waals surface area contributed by atoms with E-state index in [9.17, 15) is 28.8 Å².